The van der Waals surface area contributed by atoms with Crippen molar-refractivity contribution in [1.82, 2.24) is 5.32 Å². The molecule has 1 aliphatic heterocycles. The molecule has 3 aromatic carbocycles. The lowest BCUT2D eigenvalue weighted by Gasteiger charge is -2.30. The second kappa shape index (κ2) is 8.62. The average Bonchev–Trinajstić information content (AvgIpc) is 2.75. The Morgan fingerprint density at radius 2 is 1.79 bits per heavy atom. The van der Waals surface area contributed by atoms with Gasteiger partial charge in [-0.2, -0.15) is 0 Å². The lowest BCUT2D eigenvalue weighted by atomic mass is 9.97. The molecule has 2 atom stereocenters. The third-order valence-electron chi connectivity index (χ3n) is 5.32. The van der Waals surface area contributed by atoms with Gasteiger partial charge in [0.15, 0.2) is 6.17 Å². The number of halogens is 2. The summed E-state index contributed by atoms with van der Waals surface area (Å²) in [5.74, 6) is 0.284. The molecule has 29 heavy (non-hydrogen) atoms. The molecule has 0 bridgehead atoms. The number of phenolic OH excluding ortho intramolecular Hbond substituents is 1. The van der Waals surface area contributed by atoms with E-state index in [1.54, 1.807) is 6.07 Å². The summed E-state index contributed by atoms with van der Waals surface area (Å²) < 4.78 is 0.939. The van der Waals surface area contributed by atoms with Crippen LogP contribution in [0.1, 0.15) is 41.4 Å². The first kappa shape index (κ1) is 20.0. The highest BCUT2D eigenvalue weighted by atomic mass is 79.9. The zero-order valence-corrected chi connectivity index (χ0v) is 18.4. The number of benzene rings is 3. The van der Waals surface area contributed by atoms with Crippen LogP contribution in [-0.4, -0.2) is 5.11 Å². The van der Waals surface area contributed by atoms with E-state index < -0.39 is 0 Å². The Hall–Kier alpha value is -2.27. The monoisotopic (exact) mass is 469 g/mol. The third kappa shape index (κ3) is 4.35. The Morgan fingerprint density at radius 3 is 2.52 bits per heavy atom. The molecule has 1 aliphatic rings. The Balaban J connectivity index is 1.78. The number of hydrogen-bond acceptors (Lipinski definition) is 2. The Morgan fingerprint density at radius 1 is 1.03 bits per heavy atom. The number of hydrogen-bond donors (Lipinski definition) is 3. The predicted octanol–water partition coefficient (Wildman–Crippen LogP) is 5.32. The van der Waals surface area contributed by atoms with Crippen LogP contribution in [0.5, 0.6) is 5.75 Å². The smallest absolute Gasteiger partial charge is 0.188 e. The molecule has 0 saturated carbocycles. The maximum Gasteiger partial charge on any atom is 0.188 e. The molecule has 0 radical (unpaired) electrons. The van der Waals surface area contributed by atoms with Crippen molar-refractivity contribution in [2.45, 2.75) is 25.6 Å². The van der Waals surface area contributed by atoms with Gasteiger partial charge in [-0.05, 0) is 47.9 Å². The third-order valence-corrected chi connectivity index (χ3v) is 6.16. The van der Waals surface area contributed by atoms with Crippen molar-refractivity contribution in [2.24, 2.45) is 0 Å². The van der Waals surface area contributed by atoms with E-state index in [9.17, 15) is 5.11 Å². The summed E-state index contributed by atoms with van der Waals surface area (Å²) in [6, 6.07) is 22.0. The van der Waals surface area contributed by atoms with Gasteiger partial charge < -0.3 is 15.7 Å². The van der Waals surface area contributed by atoms with E-state index in [4.69, 9.17) is 11.6 Å². The van der Waals surface area contributed by atoms with Crippen LogP contribution < -0.4 is 10.6 Å². The zero-order chi connectivity index (χ0) is 20.4. The Kier molecular flexibility index (Phi) is 5.95. The van der Waals surface area contributed by atoms with E-state index in [2.05, 4.69) is 63.8 Å². The molecule has 0 amide bonds. The number of nitrogens with one attached hydrogen (secondary N) is 1. The summed E-state index contributed by atoms with van der Waals surface area (Å²) in [7, 11) is 0. The summed E-state index contributed by atoms with van der Waals surface area (Å²) >= 11 is 10.0. The molecule has 0 aromatic heterocycles. The lowest BCUT2D eigenvalue weighted by molar-refractivity contribution is -0.731. The van der Waals surface area contributed by atoms with Crippen molar-refractivity contribution in [2.75, 3.05) is 0 Å². The van der Waals surface area contributed by atoms with Crippen LogP contribution in [0.3, 0.4) is 0 Å². The fourth-order valence-electron chi connectivity index (χ4n) is 3.70. The van der Waals surface area contributed by atoms with Gasteiger partial charge in [-0.3, -0.25) is 0 Å². The first-order valence-corrected chi connectivity index (χ1v) is 10.9. The van der Waals surface area contributed by atoms with Crippen LogP contribution in [-0.2, 0) is 6.42 Å². The zero-order valence-electron chi connectivity index (χ0n) is 16.1. The van der Waals surface area contributed by atoms with E-state index in [1.165, 1.54) is 5.56 Å². The largest absolute Gasteiger partial charge is 0.507 e. The van der Waals surface area contributed by atoms with Gasteiger partial charge in [-0.15, -0.1) is 0 Å². The first-order valence-electron chi connectivity index (χ1n) is 9.70. The molecule has 148 valence electrons. The molecule has 4 N–H and O–H groups in total. The van der Waals surface area contributed by atoms with Gasteiger partial charge in [0.25, 0.3) is 0 Å². The normalized spacial score (nSPS) is 18.8. The molecule has 2 unspecified atom stereocenters. The van der Waals surface area contributed by atoms with Crippen LogP contribution in [0.15, 0.2) is 77.3 Å². The molecule has 0 saturated heterocycles. The molecular weight excluding hydrogens is 448 g/mol. The number of aryl methyl sites for hydroxylation is 1. The van der Waals surface area contributed by atoms with Crippen molar-refractivity contribution < 1.29 is 10.4 Å². The minimum absolute atomic E-state index is 0.0594. The predicted molar refractivity (Wildman–Crippen MR) is 122 cm³/mol. The summed E-state index contributed by atoms with van der Waals surface area (Å²) in [6.45, 7) is 2.15. The summed E-state index contributed by atoms with van der Waals surface area (Å²) in [5.41, 5.74) is 5.34. The highest BCUT2D eigenvalue weighted by Gasteiger charge is 2.30. The van der Waals surface area contributed by atoms with Gasteiger partial charge in [-0.1, -0.05) is 70.9 Å². The van der Waals surface area contributed by atoms with Crippen molar-refractivity contribution in [1.29, 1.82) is 0 Å². The summed E-state index contributed by atoms with van der Waals surface area (Å²) in [4.78, 5) is 0. The van der Waals surface area contributed by atoms with E-state index in [-0.39, 0.29) is 18.0 Å². The van der Waals surface area contributed by atoms with E-state index >= 15 is 0 Å². The van der Waals surface area contributed by atoms with Gasteiger partial charge in [0.2, 0.25) is 0 Å². The van der Waals surface area contributed by atoms with E-state index in [0.717, 1.165) is 38.3 Å². The highest BCUT2D eigenvalue weighted by Crippen LogP contribution is 2.32. The van der Waals surface area contributed by atoms with Gasteiger partial charge in [-0.25, -0.2) is 0 Å². The molecule has 0 fully saturated rings. The molecule has 0 aliphatic carbocycles. The number of phenols is 1. The number of aromatic hydroxyl groups is 1. The molecule has 3 nitrogen and oxygen atoms in total. The SMILES string of the molecule is CCc1ccc(C2=CC(c3cc(Br)ccc3O)[NH2+]C(c3ccccc3Cl)N2)cc1. The minimum atomic E-state index is -0.0714. The maximum atomic E-state index is 10.5. The van der Waals surface area contributed by atoms with Crippen LogP contribution in [0.25, 0.3) is 5.70 Å². The van der Waals surface area contributed by atoms with E-state index in [1.807, 2.05) is 36.4 Å². The maximum absolute atomic E-state index is 10.5. The average molecular weight is 471 g/mol. The van der Waals surface area contributed by atoms with Crippen molar-refractivity contribution in [3.8, 4) is 5.75 Å². The molecule has 1 heterocycles. The van der Waals surface area contributed by atoms with Crippen LogP contribution >= 0.6 is 27.5 Å². The summed E-state index contributed by atoms with van der Waals surface area (Å²) in [5, 5.41) is 17.0. The lowest BCUT2D eigenvalue weighted by Crippen LogP contribution is -2.89. The highest BCUT2D eigenvalue weighted by molar-refractivity contribution is 9.10. The van der Waals surface area contributed by atoms with Gasteiger partial charge in [0.05, 0.1) is 10.6 Å². The van der Waals surface area contributed by atoms with Crippen LogP contribution in [0.4, 0.5) is 0 Å². The minimum Gasteiger partial charge on any atom is -0.507 e. The fraction of sp³-hybridized carbons (Fsp3) is 0.167. The molecular formula is C24H23BrClN2O+. The number of quaternary nitrogens is 1. The summed E-state index contributed by atoms with van der Waals surface area (Å²) in [6.07, 6.45) is 3.10. The molecule has 5 heteroatoms. The van der Waals surface area contributed by atoms with Crippen LogP contribution in [0, 0.1) is 0 Å². The number of rotatable bonds is 4. The van der Waals surface area contributed by atoms with Gasteiger partial charge in [0, 0.05) is 21.8 Å². The second-order valence-corrected chi connectivity index (χ2v) is 8.52. The standard InChI is InChI=1S/C24H22BrClN2O/c1-2-15-7-9-16(10-8-15)21-14-22(19-13-17(25)11-12-23(19)29)28-24(27-21)18-5-3-4-6-20(18)26/h3-14,22,24,27-29H,2H2,1H3/p+1. The van der Waals surface area contributed by atoms with Crippen LogP contribution in [0.2, 0.25) is 5.02 Å². The van der Waals surface area contributed by atoms with Gasteiger partial charge >= 0.3 is 0 Å². The molecule has 3 aromatic rings. The van der Waals surface area contributed by atoms with Crippen molar-refractivity contribution in [3.63, 3.8) is 0 Å². The molecule has 0 spiro atoms. The second-order valence-electron chi connectivity index (χ2n) is 7.20. The first-order chi connectivity index (χ1) is 14.0. The van der Waals surface area contributed by atoms with Crippen molar-refractivity contribution >= 4 is 33.2 Å². The topological polar surface area (TPSA) is 48.9 Å². The van der Waals surface area contributed by atoms with Gasteiger partial charge in [0.1, 0.15) is 11.8 Å². The Bertz CT molecular complexity index is 1050. The van der Waals surface area contributed by atoms with Crippen molar-refractivity contribution in [3.05, 3.63) is 105 Å². The number of nitrogens with two attached hydrogens (primary N) is 1. The quantitative estimate of drug-likeness (QED) is 0.483. The fourth-order valence-corrected chi connectivity index (χ4v) is 4.33. The molecule has 4 rings (SSSR count). The van der Waals surface area contributed by atoms with E-state index in [0.29, 0.717) is 0 Å². The Labute approximate surface area is 184 Å².